The number of hydrogen-bond donors (Lipinski definition) is 4. The van der Waals surface area contributed by atoms with Crippen LogP contribution in [0.5, 0.6) is 0 Å². The van der Waals surface area contributed by atoms with E-state index in [1.54, 1.807) is 13.8 Å². The van der Waals surface area contributed by atoms with Crippen molar-refractivity contribution in [1.82, 2.24) is 15.1 Å². The summed E-state index contributed by atoms with van der Waals surface area (Å²) in [6.07, 6.45) is -0.283. The molecule has 4 heterocycles. The summed E-state index contributed by atoms with van der Waals surface area (Å²) in [4.78, 5) is 40.5. The van der Waals surface area contributed by atoms with Gasteiger partial charge in [-0.2, -0.15) is 0 Å². The van der Waals surface area contributed by atoms with E-state index in [4.69, 9.17) is 0 Å². The summed E-state index contributed by atoms with van der Waals surface area (Å²) in [6, 6.07) is -0.683. The summed E-state index contributed by atoms with van der Waals surface area (Å²) in [5.74, 6) is -2.40. The lowest BCUT2D eigenvalue weighted by Crippen LogP contribution is -2.63. The van der Waals surface area contributed by atoms with Gasteiger partial charge in [-0.3, -0.25) is 14.5 Å². The molecule has 9 nitrogen and oxygen atoms in total. The molecule has 154 valence electrons. The predicted molar refractivity (Wildman–Crippen MR) is 99.8 cm³/mol. The van der Waals surface area contributed by atoms with Crippen molar-refractivity contribution in [3.05, 3.63) is 10.6 Å². The third-order valence-corrected chi connectivity index (χ3v) is 8.00. The zero-order chi connectivity index (χ0) is 20.5. The maximum atomic E-state index is 12.4. The van der Waals surface area contributed by atoms with Crippen molar-refractivity contribution >= 4 is 29.5 Å². The van der Waals surface area contributed by atoms with Gasteiger partial charge < -0.3 is 25.5 Å². The number of fused-ring (bicyclic) bond motifs is 2. The van der Waals surface area contributed by atoms with Gasteiger partial charge in [0.25, 0.3) is 0 Å². The molecule has 0 radical (unpaired) electrons. The monoisotopic (exact) mass is 411 g/mol. The van der Waals surface area contributed by atoms with Gasteiger partial charge >= 0.3 is 5.97 Å². The molecule has 0 spiro atoms. The standard InChI is InChI=1S/C18H25N3O6S/c1-7-12-11(8(2)23)16(25)21(12)13(17(26)27)14(7)28-9-4-10-15(24)19-18(3,6-22)20(10)5-9/h7-12,22-23H,4-6H2,1-3H3,(H,19,24)(H,26,27)/t7-,8?,9?,10+,11-,12-,18?/m1/s1. The molecule has 0 aliphatic carbocycles. The topological polar surface area (TPSA) is 130 Å². The molecule has 3 unspecified atom stereocenters. The number of carboxylic acids is 1. The fourth-order valence-electron chi connectivity index (χ4n) is 5.09. The average molecular weight is 411 g/mol. The van der Waals surface area contributed by atoms with Gasteiger partial charge in [-0.05, 0) is 20.3 Å². The Hall–Kier alpha value is -1.62. The Kier molecular flexibility index (Phi) is 4.53. The van der Waals surface area contributed by atoms with Gasteiger partial charge in [-0.1, -0.05) is 6.92 Å². The van der Waals surface area contributed by atoms with Crippen molar-refractivity contribution in [2.45, 2.75) is 56.3 Å². The van der Waals surface area contributed by atoms with Crippen molar-refractivity contribution in [2.75, 3.05) is 13.2 Å². The summed E-state index contributed by atoms with van der Waals surface area (Å²) >= 11 is 1.41. The number of nitrogens with zero attached hydrogens (tertiary/aromatic N) is 2. The van der Waals surface area contributed by atoms with Crippen molar-refractivity contribution in [1.29, 1.82) is 0 Å². The first-order valence-electron chi connectivity index (χ1n) is 9.45. The van der Waals surface area contributed by atoms with Gasteiger partial charge in [0.1, 0.15) is 11.4 Å². The minimum atomic E-state index is -1.15. The van der Waals surface area contributed by atoms with E-state index in [9.17, 15) is 29.7 Å². The lowest BCUT2D eigenvalue weighted by Gasteiger charge is -2.46. The summed E-state index contributed by atoms with van der Waals surface area (Å²) in [6.45, 7) is 5.55. The molecule has 10 heteroatoms. The van der Waals surface area contributed by atoms with Gasteiger partial charge in [-0.15, -0.1) is 11.8 Å². The Morgan fingerprint density at radius 2 is 2.11 bits per heavy atom. The molecule has 4 aliphatic rings. The van der Waals surface area contributed by atoms with Crippen molar-refractivity contribution in [3.8, 4) is 0 Å². The van der Waals surface area contributed by atoms with E-state index in [-0.39, 0.29) is 47.4 Å². The predicted octanol–water partition coefficient (Wildman–Crippen LogP) is -0.845. The van der Waals surface area contributed by atoms with Crippen LogP contribution in [0, 0.1) is 11.8 Å². The molecule has 2 amide bonds. The van der Waals surface area contributed by atoms with Crippen LogP contribution in [0.15, 0.2) is 10.6 Å². The van der Waals surface area contributed by atoms with Gasteiger partial charge in [0.05, 0.1) is 30.7 Å². The van der Waals surface area contributed by atoms with Crippen LogP contribution in [0.3, 0.4) is 0 Å². The van der Waals surface area contributed by atoms with Crippen LogP contribution < -0.4 is 5.32 Å². The molecule has 0 aromatic rings. The second-order valence-corrected chi connectivity index (χ2v) is 9.68. The SMILES string of the molecule is CC(O)[C@H]1C(=O)N2C(C(=O)O)=C(SC3C[C@H]4C(=O)NC(C)(CO)N4C3)[C@H](C)[C@H]12. The summed E-state index contributed by atoms with van der Waals surface area (Å²) in [5, 5.41) is 32.1. The molecule has 3 fully saturated rings. The maximum Gasteiger partial charge on any atom is 0.353 e. The van der Waals surface area contributed by atoms with Crippen molar-refractivity contribution < 1.29 is 29.7 Å². The fourth-order valence-corrected chi connectivity index (χ4v) is 6.61. The highest BCUT2D eigenvalue weighted by Crippen LogP contribution is 2.52. The largest absolute Gasteiger partial charge is 0.477 e. The lowest BCUT2D eigenvalue weighted by molar-refractivity contribution is -0.163. The molecule has 0 saturated carbocycles. The summed E-state index contributed by atoms with van der Waals surface area (Å²) in [5.41, 5.74) is -0.802. The number of rotatable bonds is 5. The molecule has 4 aliphatic heterocycles. The number of aliphatic hydroxyl groups is 2. The zero-order valence-electron chi connectivity index (χ0n) is 16.0. The fraction of sp³-hybridized carbons (Fsp3) is 0.722. The number of nitrogens with one attached hydrogen (secondary N) is 1. The first-order chi connectivity index (χ1) is 13.1. The summed E-state index contributed by atoms with van der Waals surface area (Å²) in [7, 11) is 0. The first kappa shape index (κ1) is 19.7. The van der Waals surface area contributed by atoms with E-state index < -0.39 is 23.7 Å². The van der Waals surface area contributed by atoms with Gasteiger partial charge in [0, 0.05) is 22.6 Å². The molecule has 0 aromatic heterocycles. The molecular formula is C18H25N3O6S. The minimum absolute atomic E-state index is 0.00540. The number of β-lactam (4-membered cyclic amide) rings is 1. The normalized spacial score (nSPS) is 41.0. The van der Waals surface area contributed by atoms with Crippen LogP contribution in [0.4, 0.5) is 0 Å². The number of aliphatic carboxylic acids is 1. The lowest BCUT2D eigenvalue weighted by atomic mass is 9.79. The van der Waals surface area contributed by atoms with E-state index >= 15 is 0 Å². The molecular weight excluding hydrogens is 386 g/mol. The average Bonchev–Trinajstić information content (AvgIpc) is 3.21. The quantitative estimate of drug-likeness (QED) is 0.431. The molecule has 4 rings (SSSR count). The van der Waals surface area contributed by atoms with E-state index in [0.29, 0.717) is 17.9 Å². The van der Waals surface area contributed by atoms with Gasteiger partial charge in [-0.25, -0.2) is 4.79 Å². The number of amides is 2. The van der Waals surface area contributed by atoms with Crippen molar-refractivity contribution in [3.63, 3.8) is 0 Å². The number of aliphatic hydroxyl groups excluding tert-OH is 2. The highest BCUT2D eigenvalue weighted by molar-refractivity contribution is 8.03. The molecule has 3 saturated heterocycles. The smallest absolute Gasteiger partial charge is 0.353 e. The third kappa shape index (κ3) is 2.54. The number of hydrogen-bond acceptors (Lipinski definition) is 7. The minimum Gasteiger partial charge on any atom is -0.477 e. The third-order valence-electron chi connectivity index (χ3n) is 6.50. The Morgan fingerprint density at radius 1 is 1.43 bits per heavy atom. The molecule has 4 N–H and O–H groups in total. The van der Waals surface area contributed by atoms with Crippen LogP contribution in [0.25, 0.3) is 0 Å². The Bertz CT molecular complexity index is 785. The first-order valence-corrected chi connectivity index (χ1v) is 10.3. The molecule has 0 bridgehead atoms. The Labute approximate surface area is 166 Å². The highest BCUT2D eigenvalue weighted by Gasteiger charge is 2.61. The van der Waals surface area contributed by atoms with Gasteiger partial charge in [0.15, 0.2) is 0 Å². The Balaban J connectivity index is 1.58. The second kappa shape index (κ2) is 6.45. The van der Waals surface area contributed by atoms with E-state index in [1.165, 1.54) is 16.7 Å². The highest BCUT2D eigenvalue weighted by atomic mass is 32.2. The second-order valence-electron chi connectivity index (χ2n) is 8.34. The number of carbonyl (C=O) groups excluding carboxylic acids is 2. The van der Waals surface area contributed by atoms with Crippen LogP contribution in [0.2, 0.25) is 0 Å². The number of thioether (sulfide) groups is 1. The van der Waals surface area contributed by atoms with Crippen LogP contribution >= 0.6 is 11.8 Å². The summed E-state index contributed by atoms with van der Waals surface area (Å²) < 4.78 is 0. The molecule has 7 atom stereocenters. The van der Waals surface area contributed by atoms with Gasteiger partial charge in [0.2, 0.25) is 11.8 Å². The van der Waals surface area contributed by atoms with Crippen LogP contribution in [-0.2, 0) is 14.4 Å². The van der Waals surface area contributed by atoms with Crippen LogP contribution in [0.1, 0.15) is 27.2 Å². The van der Waals surface area contributed by atoms with E-state index in [1.807, 2.05) is 11.8 Å². The van der Waals surface area contributed by atoms with Crippen molar-refractivity contribution in [2.24, 2.45) is 11.8 Å². The zero-order valence-corrected chi connectivity index (χ0v) is 16.8. The Morgan fingerprint density at radius 3 is 2.68 bits per heavy atom. The van der Waals surface area contributed by atoms with Crippen LogP contribution in [-0.4, -0.2) is 85.2 Å². The molecule has 28 heavy (non-hydrogen) atoms. The number of carboxylic acid groups (broad SMARTS) is 1. The van der Waals surface area contributed by atoms with E-state index in [2.05, 4.69) is 5.32 Å². The number of carbonyl (C=O) groups is 3. The maximum absolute atomic E-state index is 12.4. The van der Waals surface area contributed by atoms with E-state index in [0.717, 1.165) is 0 Å². The molecule has 0 aromatic carbocycles.